The number of nitrogens with zero attached hydrogens (tertiary/aromatic N) is 3. The van der Waals surface area contributed by atoms with Gasteiger partial charge >= 0.3 is 0 Å². The van der Waals surface area contributed by atoms with Gasteiger partial charge in [0.1, 0.15) is 5.65 Å². The van der Waals surface area contributed by atoms with Gasteiger partial charge in [0.15, 0.2) is 0 Å². The SMILES string of the molecule is C=C(c1ccc2c(-c3ccc(C)cc3)cn(CC(C)C)c2n1)N1CCNC(=C)C1(C)C. The molecule has 1 aromatic carbocycles. The lowest BCUT2D eigenvalue weighted by molar-refractivity contribution is 0.201. The first kappa shape index (κ1) is 21.2. The van der Waals surface area contributed by atoms with Crippen molar-refractivity contribution in [2.24, 2.45) is 5.92 Å². The molecule has 0 radical (unpaired) electrons. The van der Waals surface area contributed by atoms with E-state index in [1.165, 1.54) is 22.1 Å². The number of rotatable bonds is 5. The van der Waals surface area contributed by atoms with Crippen molar-refractivity contribution in [1.82, 2.24) is 19.8 Å². The Bertz CT molecular complexity index is 1130. The zero-order valence-electron chi connectivity index (χ0n) is 19.5. The van der Waals surface area contributed by atoms with Gasteiger partial charge in [-0.05, 0) is 44.4 Å². The van der Waals surface area contributed by atoms with Gasteiger partial charge in [-0.25, -0.2) is 4.98 Å². The minimum absolute atomic E-state index is 0.209. The first-order valence-electron chi connectivity index (χ1n) is 11.2. The molecule has 0 saturated carbocycles. The van der Waals surface area contributed by atoms with Crippen LogP contribution in [0.2, 0.25) is 0 Å². The third-order valence-electron chi connectivity index (χ3n) is 6.36. The van der Waals surface area contributed by atoms with Crippen LogP contribution in [0.4, 0.5) is 0 Å². The van der Waals surface area contributed by atoms with Gasteiger partial charge in [-0.15, -0.1) is 0 Å². The highest BCUT2D eigenvalue weighted by Crippen LogP contribution is 2.34. The van der Waals surface area contributed by atoms with Crippen LogP contribution >= 0.6 is 0 Å². The Balaban J connectivity index is 1.80. The number of hydrogen-bond donors (Lipinski definition) is 1. The van der Waals surface area contributed by atoms with Crippen LogP contribution in [-0.2, 0) is 6.54 Å². The standard InChI is InChI=1S/C27H34N4/c1-18(2)16-30-17-24(22-10-8-19(3)9-11-22)23-12-13-25(29-26(23)30)20(4)31-15-14-28-21(5)27(31,6)7/h8-13,17-18,28H,4-5,14-16H2,1-3,6-7H3. The van der Waals surface area contributed by atoms with Crippen LogP contribution in [0, 0.1) is 12.8 Å². The maximum absolute atomic E-state index is 5.13. The lowest BCUT2D eigenvalue weighted by Gasteiger charge is -2.46. The minimum atomic E-state index is -0.209. The van der Waals surface area contributed by atoms with E-state index in [2.05, 4.69) is 105 Å². The molecule has 1 saturated heterocycles. The Morgan fingerprint density at radius 2 is 1.87 bits per heavy atom. The fourth-order valence-electron chi connectivity index (χ4n) is 4.41. The Labute approximate surface area is 186 Å². The van der Waals surface area contributed by atoms with Crippen LogP contribution in [0.15, 0.2) is 61.4 Å². The summed E-state index contributed by atoms with van der Waals surface area (Å²) >= 11 is 0. The van der Waals surface area contributed by atoms with Crippen LogP contribution in [0.25, 0.3) is 27.9 Å². The molecule has 31 heavy (non-hydrogen) atoms. The number of piperazine rings is 1. The fraction of sp³-hybridized carbons (Fsp3) is 0.370. The van der Waals surface area contributed by atoms with E-state index in [9.17, 15) is 0 Å². The zero-order chi connectivity index (χ0) is 22.3. The van der Waals surface area contributed by atoms with Crippen LogP contribution < -0.4 is 5.32 Å². The first-order chi connectivity index (χ1) is 14.7. The highest BCUT2D eigenvalue weighted by atomic mass is 15.3. The molecular weight excluding hydrogens is 380 g/mol. The van der Waals surface area contributed by atoms with Crippen LogP contribution in [-0.4, -0.2) is 33.1 Å². The number of hydrogen-bond acceptors (Lipinski definition) is 3. The maximum Gasteiger partial charge on any atom is 0.141 e. The van der Waals surface area contributed by atoms with E-state index in [1.54, 1.807) is 0 Å². The van der Waals surface area contributed by atoms with Crippen molar-refractivity contribution < 1.29 is 0 Å². The van der Waals surface area contributed by atoms with E-state index in [0.29, 0.717) is 5.92 Å². The average molecular weight is 415 g/mol. The third kappa shape index (κ3) is 3.87. The molecule has 1 N–H and O–H groups in total. The molecule has 0 unspecified atom stereocenters. The van der Waals surface area contributed by atoms with Gasteiger partial charge in [0.2, 0.25) is 0 Å². The zero-order valence-corrected chi connectivity index (χ0v) is 19.5. The number of aryl methyl sites for hydroxylation is 1. The molecule has 162 valence electrons. The quantitative estimate of drug-likeness (QED) is 0.570. The van der Waals surface area contributed by atoms with Crippen molar-refractivity contribution in [3.63, 3.8) is 0 Å². The number of aromatic nitrogens is 2. The molecule has 3 heterocycles. The van der Waals surface area contributed by atoms with Gasteiger partial charge < -0.3 is 14.8 Å². The lowest BCUT2D eigenvalue weighted by atomic mass is 9.95. The molecule has 2 aromatic heterocycles. The summed E-state index contributed by atoms with van der Waals surface area (Å²) in [5.74, 6) is 0.533. The molecular formula is C27H34N4. The summed E-state index contributed by atoms with van der Waals surface area (Å²) in [7, 11) is 0. The van der Waals surface area contributed by atoms with Crippen molar-refractivity contribution >= 4 is 16.7 Å². The summed E-state index contributed by atoms with van der Waals surface area (Å²) in [6.45, 7) is 22.3. The highest BCUT2D eigenvalue weighted by Gasteiger charge is 2.34. The highest BCUT2D eigenvalue weighted by molar-refractivity contribution is 5.94. The summed E-state index contributed by atoms with van der Waals surface area (Å²) in [5.41, 5.74) is 7.44. The van der Waals surface area contributed by atoms with Crippen molar-refractivity contribution in [2.45, 2.75) is 46.7 Å². The van der Waals surface area contributed by atoms with E-state index >= 15 is 0 Å². The Morgan fingerprint density at radius 3 is 2.55 bits per heavy atom. The second-order valence-electron chi connectivity index (χ2n) is 9.59. The summed E-state index contributed by atoms with van der Waals surface area (Å²) in [5, 5.41) is 4.58. The van der Waals surface area contributed by atoms with Gasteiger partial charge in [-0.3, -0.25) is 0 Å². The summed E-state index contributed by atoms with van der Waals surface area (Å²) in [6, 6.07) is 13.1. The van der Waals surface area contributed by atoms with E-state index in [4.69, 9.17) is 4.98 Å². The molecule has 3 aromatic rings. The van der Waals surface area contributed by atoms with E-state index in [-0.39, 0.29) is 5.54 Å². The Kier molecular flexibility index (Phi) is 5.42. The van der Waals surface area contributed by atoms with Crippen LogP contribution in [0.3, 0.4) is 0 Å². The summed E-state index contributed by atoms with van der Waals surface area (Å²) in [6.07, 6.45) is 2.26. The number of pyridine rings is 1. The first-order valence-corrected chi connectivity index (χ1v) is 11.2. The second kappa shape index (κ2) is 7.92. The normalized spacial score (nSPS) is 16.1. The molecule has 1 aliphatic heterocycles. The topological polar surface area (TPSA) is 33.1 Å². The van der Waals surface area contributed by atoms with Gasteiger partial charge in [0.25, 0.3) is 0 Å². The Hall–Kier alpha value is -3.01. The lowest BCUT2D eigenvalue weighted by Crippen LogP contribution is -2.54. The fourth-order valence-corrected chi connectivity index (χ4v) is 4.41. The molecule has 4 rings (SSSR count). The average Bonchev–Trinajstić information content (AvgIpc) is 3.07. The predicted octanol–water partition coefficient (Wildman–Crippen LogP) is 5.84. The summed E-state index contributed by atoms with van der Waals surface area (Å²) < 4.78 is 2.30. The van der Waals surface area contributed by atoms with Crippen molar-refractivity contribution in [1.29, 1.82) is 0 Å². The monoisotopic (exact) mass is 414 g/mol. The molecule has 0 bridgehead atoms. The van der Waals surface area contributed by atoms with E-state index in [0.717, 1.165) is 42.4 Å². The van der Waals surface area contributed by atoms with Gasteiger partial charge in [-0.1, -0.05) is 56.8 Å². The van der Waals surface area contributed by atoms with Crippen LogP contribution in [0.1, 0.15) is 39.0 Å². The van der Waals surface area contributed by atoms with E-state index in [1.807, 2.05) is 0 Å². The maximum atomic E-state index is 5.13. The largest absolute Gasteiger partial charge is 0.385 e. The predicted molar refractivity (Wildman–Crippen MR) is 132 cm³/mol. The number of nitrogens with one attached hydrogen (secondary N) is 1. The smallest absolute Gasteiger partial charge is 0.141 e. The van der Waals surface area contributed by atoms with Gasteiger partial charge in [0, 0.05) is 42.5 Å². The van der Waals surface area contributed by atoms with E-state index < -0.39 is 0 Å². The molecule has 1 fully saturated rings. The molecule has 0 atom stereocenters. The summed E-state index contributed by atoms with van der Waals surface area (Å²) in [4.78, 5) is 7.45. The van der Waals surface area contributed by atoms with Crippen molar-refractivity contribution in [3.05, 3.63) is 72.7 Å². The molecule has 1 aliphatic rings. The number of benzene rings is 1. The van der Waals surface area contributed by atoms with Gasteiger partial charge in [-0.2, -0.15) is 0 Å². The molecule has 0 aliphatic carbocycles. The third-order valence-corrected chi connectivity index (χ3v) is 6.36. The second-order valence-corrected chi connectivity index (χ2v) is 9.59. The van der Waals surface area contributed by atoms with Crippen molar-refractivity contribution in [3.8, 4) is 11.1 Å². The van der Waals surface area contributed by atoms with Crippen LogP contribution in [0.5, 0.6) is 0 Å². The van der Waals surface area contributed by atoms with Gasteiger partial charge in [0.05, 0.1) is 16.9 Å². The minimum Gasteiger partial charge on any atom is -0.385 e. The number of fused-ring (bicyclic) bond motifs is 1. The van der Waals surface area contributed by atoms with Crippen molar-refractivity contribution in [2.75, 3.05) is 13.1 Å². The Morgan fingerprint density at radius 1 is 1.16 bits per heavy atom. The molecule has 0 amide bonds. The molecule has 0 spiro atoms. The molecule has 4 heteroatoms. The molecule has 4 nitrogen and oxygen atoms in total.